The second-order valence-electron chi connectivity index (χ2n) is 6.35. The molecule has 0 bridgehead atoms. The number of amides is 2. The van der Waals surface area contributed by atoms with Crippen molar-refractivity contribution in [1.82, 2.24) is 10.3 Å². The molecule has 0 aliphatic carbocycles. The fraction of sp³-hybridized carbons (Fsp3) is 0.150. The number of carbonyl (C=O) groups is 2. The number of anilines is 1. The zero-order chi connectivity index (χ0) is 20.5. The van der Waals surface area contributed by atoms with Crippen LogP contribution in [0.2, 0.25) is 0 Å². The number of carbonyl (C=O) groups excluding carboxylic acids is 2. The average molecular weight is 446 g/mol. The summed E-state index contributed by atoms with van der Waals surface area (Å²) in [6.45, 7) is 3.93. The van der Waals surface area contributed by atoms with Crippen molar-refractivity contribution < 1.29 is 14.0 Å². The van der Waals surface area contributed by atoms with Gasteiger partial charge in [-0.1, -0.05) is 0 Å². The molecule has 4 rings (SSSR count). The predicted octanol–water partition coefficient (Wildman–Crippen LogP) is 5.42. The van der Waals surface area contributed by atoms with Crippen LogP contribution in [0.5, 0.6) is 0 Å². The summed E-state index contributed by atoms with van der Waals surface area (Å²) in [5, 5.41) is 6.85. The quantitative estimate of drug-likeness (QED) is 0.431. The molecular formula is C20H16FN3O2S3. The number of aromatic nitrogens is 1. The van der Waals surface area contributed by atoms with Crippen LogP contribution < -0.4 is 10.6 Å². The molecular weight excluding hydrogens is 429 g/mol. The monoisotopic (exact) mass is 445 g/mol. The molecule has 9 heteroatoms. The van der Waals surface area contributed by atoms with Crippen molar-refractivity contribution in [2.45, 2.75) is 20.4 Å². The Labute approximate surface area is 178 Å². The van der Waals surface area contributed by atoms with E-state index in [9.17, 15) is 14.0 Å². The number of halogens is 1. The Morgan fingerprint density at radius 3 is 2.72 bits per heavy atom. The lowest BCUT2D eigenvalue weighted by Crippen LogP contribution is -2.17. The van der Waals surface area contributed by atoms with E-state index in [-0.39, 0.29) is 17.6 Å². The van der Waals surface area contributed by atoms with E-state index < -0.39 is 0 Å². The molecule has 1 aromatic carbocycles. The zero-order valence-corrected chi connectivity index (χ0v) is 18.0. The van der Waals surface area contributed by atoms with Crippen molar-refractivity contribution in [1.29, 1.82) is 0 Å². The van der Waals surface area contributed by atoms with Crippen LogP contribution in [-0.2, 0) is 11.3 Å². The molecule has 0 aliphatic rings. The Bertz CT molecular complexity index is 1220. The summed E-state index contributed by atoms with van der Waals surface area (Å²) >= 11 is 4.28. The standard InChI is InChI=1S/C20H16FN3O2S3/c1-10-18(16-6-4-14(28-16)9-22-11(2)25)23-20(27-10)24-19(26)17-8-12-7-13(21)3-5-15(12)29-17/h3-8H,9H2,1-2H3,(H,22,25)(H,23,24,26). The van der Waals surface area contributed by atoms with E-state index in [1.54, 1.807) is 23.5 Å². The van der Waals surface area contributed by atoms with Crippen molar-refractivity contribution in [2.75, 3.05) is 5.32 Å². The Balaban J connectivity index is 1.51. The molecule has 0 saturated carbocycles. The van der Waals surface area contributed by atoms with Gasteiger partial charge < -0.3 is 5.32 Å². The number of thiazole rings is 1. The third-order valence-corrected chi connectivity index (χ3v) is 7.22. The first-order valence-electron chi connectivity index (χ1n) is 8.70. The highest BCUT2D eigenvalue weighted by Gasteiger charge is 2.16. The lowest BCUT2D eigenvalue weighted by molar-refractivity contribution is -0.119. The number of rotatable bonds is 5. The van der Waals surface area contributed by atoms with Crippen LogP contribution in [0.3, 0.4) is 0 Å². The number of nitrogens with one attached hydrogen (secondary N) is 2. The van der Waals surface area contributed by atoms with Gasteiger partial charge in [0, 0.05) is 21.4 Å². The summed E-state index contributed by atoms with van der Waals surface area (Å²) in [5.41, 5.74) is 0.822. The fourth-order valence-electron chi connectivity index (χ4n) is 2.78. The van der Waals surface area contributed by atoms with Crippen LogP contribution in [0.1, 0.15) is 26.3 Å². The number of benzene rings is 1. The molecule has 2 amide bonds. The molecule has 29 heavy (non-hydrogen) atoms. The highest BCUT2D eigenvalue weighted by molar-refractivity contribution is 7.21. The van der Waals surface area contributed by atoms with E-state index in [2.05, 4.69) is 15.6 Å². The van der Waals surface area contributed by atoms with Crippen molar-refractivity contribution >= 4 is 61.0 Å². The third-order valence-electron chi connectivity index (χ3n) is 4.13. The molecule has 0 aliphatic heterocycles. The molecule has 0 fully saturated rings. The van der Waals surface area contributed by atoms with Gasteiger partial charge in [0.15, 0.2) is 5.13 Å². The Hall–Kier alpha value is -2.62. The van der Waals surface area contributed by atoms with E-state index >= 15 is 0 Å². The highest BCUT2D eigenvalue weighted by atomic mass is 32.1. The van der Waals surface area contributed by atoms with Crippen molar-refractivity contribution in [3.05, 3.63) is 56.8 Å². The zero-order valence-electron chi connectivity index (χ0n) is 15.5. The molecule has 0 unspecified atom stereocenters. The van der Waals surface area contributed by atoms with E-state index in [1.807, 2.05) is 19.1 Å². The first-order chi connectivity index (χ1) is 13.9. The number of thiophene rings is 2. The second-order valence-corrected chi connectivity index (χ2v) is 9.80. The van der Waals surface area contributed by atoms with Gasteiger partial charge in [-0.3, -0.25) is 14.9 Å². The van der Waals surface area contributed by atoms with Crippen molar-refractivity contribution in [3.63, 3.8) is 0 Å². The van der Waals surface area contributed by atoms with E-state index in [0.717, 1.165) is 25.0 Å². The summed E-state index contributed by atoms with van der Waals surface area (Å²) < 4.78 is 14.2. The molecule has 0 spiro atoms. The maximum absolute atomic E-state index is 13.4. The van der Waals surface area contributed by atoms with Gasteiger partial charge in [0.05, 0.1) is 22.0 Å². The lowest BCUT2D eigenvalue weighted by Gasteiger charge is -1.98. The van der Waals surface area contributed by atoms with Crippen molar-refractivity contribution in [3.8, 4) is 10.6 Å². The summed E-state index contributed by atoms with van der Waals surface area (Å²) in [6, 6.07) is 10.1. The second kappa shape index (κ2) is 8.02. The van der Waals surface area contributed by atoms with Gasteiger partial charge in [-0.15, -0.1) is 34.0 Å². The highest BCUT2D eigenvalue weighted by Crippen LogP contribution is 2.35. The SMILES string of the molecule is CC(=O)NCc1ccc(-c2nc(NC(=O)c3cc4cc(F)ccc4s3)sc2C)s1. The molecule has 148 valence electrons. The first kappa shape index (κ1) is 19.7. The molecule has 4 aromatic rings. The smallest absolute Gasteiger partial charge is 0.267 e. The van der Waals surface area contributed by atoms with Crippen LogP contribution in [0, 0.1) is 12.7 Å². The Morgan fingerprint density at radius 1 is 1.10 bits per heavy atom. The summed E-state index contributed by atoms with van der Waals surface area (Å²) in [7, 11) is 0. The molecule has 0 atom stereocenters. The molecule has 0 radical (unpaired) electrons. The minimum Gasteiger partial charge on any atom is -0.351 e. The van der Waals surface area contributed by atoms with Gasteiger partial charge in [-0.2, -0.15) is 0 Å². The molecule has 2 N–H and O–H groups in total. The van der Waals surface area contributed by atoms with Crippen molar-refractivity contribution in [2.24, 2.45) is 0 Å². The molecule has 0 saturated heterocycles. The van der Waals surface area contributed by atoms with Crippen LogP contribution in [-0.4, -0.2) is 16.8 Å². The molecule has 3 aromatic heterocycles. The van der Waals surface area contributed by atoms with Crippen LogP contribution in [0.15, 0.2) is 36.4 Å². The first-order valence-corrected chi connectivity index (χ1v) is 11.2. The Morgan fingerprint density at radius 2 is 1.93 bits per heavy atom. The number of nitrogens with zero attached hydrogens (tertiary/aromatic N) is 1. The van der Waals surface area contributed by atoms with Gasteiger partial charge >= 0.3 is 0 Å². The normalized spacial score (nSPS) is 11.0. The summed E-state index contributed by atoms with van der Waals surface area (Å²) in [4.78, 5) is 31.8. The minimum atomic E-state index is -0.323. The van der Waals surface area contributed by atoms with E-state index in [0.29, 0.717) is 21.9 Å². The van der Waals surface area contributed by atoms with E-state index in [4.69, 9.17) is 0 Å². The topological polar surface area (TPSA) is 71.1 Å². The average Bonchev–Trinajstić information content (AvgIpc) is 3.37. The molecule has 3 heterocycles. The maximum atomic E-state index is 13.4. The minimum absolute atomic E-state index is 0.0706. The number of fused-ring (bicyclic) bond motifs is 1. The predicted molar refractivity (Wildman–Crippen MR) is 117 cm³/mol. The summed E-state index contributed by atoms with van der Waals surface area (Å²) in [6.07, 6.45) is 0. The van der Waals surface area contributed by atoms with E-state index in [1.165, 1.54) is 41.7 Å². The van der Waals surface area contributed by atoms with Gasteiger partial charge in [-0.05, 0) is 48.7 Å². The number of hydrogen-bond donors (Lipinski definition) is 2. The van der Waals surface area contributed by atoms with Crippen LogP contribution in [0.4, 0.5) is 9.52 Å². The van der Waals surface area contributed by atoms with Gasteiger partial charge in [-0.25, -0.2) is 9.37 Å². The van der Waals surface area contributed by atoms with Crippen LogP contribution in [0.25, 0.3) is 20.7 Å². The number of aryl methyl sites for hydroxylation is 1. The Kier molecular flexibility index (Phi) is 5.44. The van der Waals surface area contributed by atoms with Gasteiger partial charge in [0.25, 0.3) is 5.91 Å². The third kappa shape index (κ3) is 4.36. The molecule has 5 nitrogen and oxygen atoms in total. The maximum Gasteiger partial charge on any atom is 0.267 e. The fourth-order valence-corrected chi connectivity index (χ4v) is 5.60. The van der Waals surface area contributed by atoms with Crippen LogP contribution >= 0.6 is 34.0 Å². The van der Waals surface area contributed by atoms with Gasteiger partial charge in [0.2, 0.25) is 5.91 Å². The lowest BCUT2D eigenvalue weighted by atomic mass is 10.2. The number of hydrogen-bond acceptors (Lipinski definition) is 6. The van der Waals surface area contributed by atoms with Gasteiger partial charge in [0.1, 0.15) is 5.82 Å². The largest absolute Gasteiger partial charge is 0.351 e. The summed E-state index contributed by atoms with van der Waals surface area (Å²) in [5.74, 6) is -0.653.